The number of pyridine rings is 1. The van der Waals surface area contributed by atoms with Gasteiger partial charge in [0.2, 0.25) is 5.88 Å². The summed E-state index contributed by atoms with van der Waals surface area (Å²) >= 11 is 5.78. The number of nitrogens with zero attached hydrogens (tertiary/aromatic N) is 1. The van der Waals surface area contributed by atoms with Gasteiger partial charge in [-0.2, -0.15) is 0 Å². The Kier molecular flexibility index (Phi) is 4.05. The van der Waals surface area contributed by atoms with Crippen LogP contribution in [0.15, 0.2) is 12.1 Å². The molecule has 3 heteroatoms. The van der Waals surface area contributed by atoms with Gasteiger partial charge in [-0.25, -0.2) is 4.98 Å². The summed E-state index contributed by atoms with van der Waals surface area (Å²) in [5.74, 6) is 1.98. The van der Waals surface area contributed by atoms with E-state index in [0.29, 0.717) is 5.88 Å². The van der Waals surface area contributed by atoms with Crippen LogP contribution in [0.2, 0.25) is 0 Å². The molecule has 1 aromatic rings. The van der Waals surface area contributed by atoms with Gasteiger partial charge in [-0.05, 0) is 31.2 Å². The molecular weight excluding hydrogens is 222 g/mol. The molecule has 0 saturated heterocycles. The van der Waals surface area contributed by atoms with Crippen molar-refractivity contribution in [2.24, 2.45) is 5.92 Å². The maximum atomic E-state index is 5.78. The molecule has 0 radical (unpaired) electrons. The van der Waals surface area contributed by atoms with Crippen LogP contribution in [0.25, 0.3) is 0 Å². The fourth-order valence-electron chi connectivity index (χ4n) is 2.17. The monoisotopic (exact) mass is 239 g/mol. The third-order valence-corrected chi connectivity index (χ3v) is 3.54. The maximum Gasteiger partial charge on any atom is 0.213 e. The van der Waals surface area contributed by atoms with Crippen LogP contribution in [-0.4, -0.2) is 11.6 Å². The Bertz CT molecular complexity index is 348. The van der Waals surface area contributed by atoms with Gasteiger partial charge in [0.15, 0.2) is 0 Å². The number of hydrogen-bond donors (Lipinski definition) is 0. The van der Waals surface area contributed by atoms with E-state index in [0.717, 1.165) is 29.7 Å². The largest absolute Gasteiger partial charge is 0.477 e. The molecule has 0 N–H and O–H groups in total. The quantitative estimate of drug-likeness (QED) is 0.748. The third-order valence-electron chi connectivity index (χ3n) is 3.26. The van der Waals surface area contributed by atoms with Crippen molar-refractivity contribution >= 4 is 11.6 Å². The summed E-state index contributed by atoms with van der Waals surface area (Å²) in [5.41, 5.74) is 2.05. The summed E-state index contributed by atoms with van der Waals surface area (Å²) in [6.45, 7) is 2.78. The van der Waals surface area contributed by atoms with Crippen molar-refractivity contribution in [3.8, 4) is 5.88 Å². The van der Waals surface area contributed by atoms with E-state index in [2.05, 4.69) is 4.98 Å². The van der Waals surface area contributed by atoms with E-state index in [-0.39, 0.29) is 0 Å². The highest BCUT2D eigenvalue weighted by Crippen LogP contribution is 2.25. The van der Waals surface area contributed by atoms with Gasteiger partial charge in [-0.3, -0.25) is 0 Å². The number of alkyl halides is 1. The second-order valence-electron chi connectivity index (χ2n) is 4.49. The molecule has 0 amide bonds. The van der Waals surface area contributed by atoms with Crippen LogP contribution in [0, 0.1) is 12.8 Å². The van der Waals surface area contributed by atoms with Crippen LogP contribution in [0.5, 0.6) is 5.88 Å². The van der Waals surface area contributed by atoms with Gasteiger partial charge >= 0.3 is 0 Å². The van der Waals surface area contributed by atoms with Crippen molar-refractivity contribution in [3.63, 3.8) is 0 Å². The topological polar surface area (TPSA) is 22.1 Å². The average Bonchev–Trinajstić information content (AvgIpc) is 2.79. The molecule has 1 aliphatic carbocycles. The van der Waals surface area contributed by atoms with Crippen LogP contribution in [-0.2, 0) is 5.88 Å². The summed E-state index contributed by atoms with van der Waals surface area (Å²) < 4.78 is 5.72. The molecule has 2 nitrogen and oxygen atoms in total. The molecular formula is C13H18ClNO. The Balaban J connectivity index is 1.91. The molecule has 16 heavy (non-hydrogen) atoms. The molecule has 1 aliphatic rings. The molecule has 0 bridgehead atoms. The number of halogens is 1. The Morgan fingerprint density at radius 2 is 2.12 bits per heavy atom. The van der Waals surface area contributed by atoms with E-state index in [1.165, 1.54) is 25.7 Å². The minimum atomic E-state index is 0.516. The SMILES string of the molecule is Cc1nc(OCC2CCCC2)ccc1CCl. The van der Waals surface area contributed by atoms with Gasteiger partial charge in [0, 0.05) is 17.6 Å². The van der Waals surface area contributed by atoms with Gasteiger partial charge in [-0.1, -0.05) is 18.9 Å². The number of aryl methyl sites for hydroxylation is 1. The van der Waals surface area contributed by atoms with E-state index >= 15 is 0 Å². The molecule has 0 spiro atoms. The zero-order valence-electron chi connectivity index (χ0n) is 9.71. The van der Waals surface area contributed by atoms with Crippen molar-refractivity contribution in [2.45, 2.75) is 38.5 Å². The van der Waals surface area contributed by atoms with Crippen molar-refractivity contribution in [1.82, 2.24) is 4.98 Å². The molecule has 0 atom stereocenters. The van der Waals surface area contributed by atoms with E-state index in [4.69, 9.17) is 16.3 Å². The average molecular weight is 240 g/mol. The zero-order chi connectivity index (χ0) is 11.4. The van der Waals surface area contributed by atoms with Crippen LogP contribution in [0.1, 0.15) is 36.9 Å². The Morgan fingerprint density at radius 1 is 1.38 bits per heavy atom. The first-order valence-corrected chi connectivity index (χ1v) is 6.48. The molecule has 88 valence electrons. The van der Waals surface area contributed by atoms with Crippen LogP contribution >= 0.6 is 11.6 Å². The molecule has 1 heterocycles. The highest BCUT2D eigenvalue weighted by atomic mass is 35.5. The summed E-state index contributed by atoms with van der Waals surface area (Å²) in [4.78, 5) is 4.40. The van der Waals surface area contributed by atoms with Gasteiger partial charge in [-0.15, -0.1) is 11.6 Å². The summed E-state index contributed by atoms with van der Waals surface area (Å²) in [5, 5.41) is 0. The molecule has 0 aromatic carbocycles. The van der Waals surface area contributed by atoms with Crippen molar-refractivity contribution in [1.29, 1.82) is 0 Å². The van der Waals surface area contributed by atoms with Gasteiger partial charge in [0.1, 0.15) is 0 Å². The second kappa shape index (κ2) is 5.53. The van der Waals surface area contributed by atoms with Crippen LogP contribution < -0.4 is 4.74 Å². The van der Waals surface area contributed by atoms with E-state index < -0.39 is 0 Å². The van der Waals surface area contributed by atoms with Gasteiger partial charge < -0.3 is 4.74 Å². The molecule has 0 unspecified atom stereocenters. The maximum absolute atomic E-state index is 5.78. The minimum absolute atomic E-state index is 0.516. The van der Waals surface area contributed by atoms with Crippen molar-refractivity contribution in [2.75, 3.05) is 6.61 Å². The van der Waals surface area contributed by atoms with Gasteiger partial charge in [0.05, 0.1) is 6.61 Å². The fourth-order valence-corrected chi connectivity index (χ4v) is 2.45. The lowest BCUT2D eigenvalue weighted by Crippen LogP contribution is -2.09. The predicted molar refractivity (Wildman–Crippen MR) is 66.0 cm³/mol. The Labute approximate surface area is 102 Å². The molecule has 0 aliphatic heterocycles. The molecule has 2 rings (SSSR count). The van der Waals surface area contributed by atoms with Crippen LogP contribution in [0.4, 0.5) is 0 Å². The first kappa shape index (κ1) is 11.7. The Morgan fingerprint density at radius 3 is 2.75 bits per heavy atom. The summed E-state index contributed by atoms with van der Waals surface area (Å²) in [6.07, 6.45) is 5.31. The second-order valence-corrected chi connectivity index (χ2v) is 4.76. The normalized spacial score (nSPS) is 16.6. The van der Waals surface area contributed by atoms with E-state index in [1.54, 1.807) is 0 Å². The smallest absolute Gasteiger partial charge is 0.213 e. The van der Waals surface area contributed by atoms with Crippen molar-refractivity contribution < 1.29 is 4.74 Å². The summed E-state index contributed by atoms with van der Waals surface area (Å²) in [6, 6.07) is 3.92. The van der Waals surface area contributed by atoms with Gasteiger partial charge in [0.25, 0.3) is 0 Å². The number of rotatable bonds is 4. The Hall–Kier alpha value is -0.760. The van der Waals surface area contributed by atoms with E-state index in [9.17, 15) is 0 Å². The number of hydrogen-bond acceptors (Lipinski definition) is 2. The lowest BCUT2D eigenvalue weighted by atomic mass is 10.1. The van der Waals surface area contributed by atoms with Crippen molar-refractivity contribution in [3.05, 3.63) is 23.4 Å². The predicted octanol–water partition coefficient (Wildman–Crippen LogP) is 3.70. The van der Waals surface area contributed by atoms with Crippen LogP contribution in [0.3, 0.4) is 0 Å². The molecule has 1 saturated carbocycles. The minimum Gasteiger partial charge on any atom is -0.477 e. The summed E-state index contributed by atoms with van der Waals surface area (Å²) in [7, 11) is 0. The third kappa shape index (κ3) is 2.88. The van der Waals surface area contributed by atoms with E-state index in [1.807, 2.05) is 19.1 Å². The first-order valence-electron chi connectivity index (χ1n) is 5.95. The fraction of sp³-hybridized carbons (Fsp3) is 0.615. The lowest BCUT2D eigenvalue weighted by molar-refractivity contribution is 0.243. The lowest BCUT2D eigenvalue weighted by Gasteiger charge is -2.11. The number of aromatic nitrogens is 1. The first-order chi connectivity index (χ1) is 7.79. The standard InChI is InChI=1S/C13H18ClNO/c1-10-12(8-14)6-7-13(15-10)16-9-11-4-2-3-5-11/h6-7,11H,2-5,8-9H2,1H3. The zero-order valence-corrected chi connectivity index (χ0v) is 10.5. The highest BCUT2D eigenvalue weighted by Gasteiger charge is 2.15. The number of ether oxygens (including phenoxy) is 1. The molecule has 1 fully saturated rings. The molecule has 1 aromatic heterocycles. The highest BCUT2D eigenvalue weighted by molar-refractivity contribution is 6.17.